The molecule has 0 bridgehead atoms. The third-order valence-corrected chi connectivity index (χ3v) is 4.85. The summed E-state index contributed by atoms with van der Waals surface area (Å²) in [5, 5.41) is 10.4. The van der Waals surface area contributed by atoms with Gasteiger partial charge < -0.3 is 10.6 Å². The number of rotatable bonds is 7. The van der Waals surface area contributed by atoms with E-state index in [-0.39, 0.29) is 17.7 Å². The second-order valence-electron chi connectivity index (χ2n) is 7.69. The molecule has 0 saturated carbocycles. The predicted molar refractivity (Wildman–Crippen MR) is 119 cm³/mol. The molecule has 0 saturated heterocycles. The monoisotopic (exact) mass is 404 g/mol. The predicted octanol–water partition coefficient (Wildman–Crippen LogP) is 3.66. The van der Waals surface area contributed by atoms with Crippen molar-refractivity contribution in [2.45, 2.75) is 27.7 Å². The molecule has 2 aromatic carbocycles. The highest BCUT2D eigenvalue weighted by molar-refractivity contribution is 6.00. The molecule has 30 heavy (non-hydrogen) atoms. The summed E-state index contributed by atoms with van der Waals surface area (Å²) in [4.78, 5) is 24.6. The van der Waals surface area contributed by atoms with Gasteiger partial charge in [-0.3, -0.25) is 9.59 Å². The summed E-state index contributed by atoms with van der Waals surface area (Å²) < 4.78 is 1.73. The number of nitrogens with one attached hydrogen (secondary N) is 2. The molecule has 6 nitrogen and oxygen atoms in total. The quantitative estimate of drug-likeness (QED) is 0.590. The smallest absolute Gasteiger partial charge is 0.255 e. The molecule has 2 amide bonds. The maximum atomic E-state index is 13.0. The Morgan fingerprint density at radius 3 is 2.37 bits per heavy atom. The minimum atomic E-state index is -0.217. The van der Waals surface area contributed by atoms with Crippen LogP contribution in [0.25, 0.3) is 16.9 Å². The molecule has 3 aromatic rings. The number of aryl methyl sites for hydroxylation is 2. The number of carbonyl (C=O) groups excluding carboxylic acids is 2. The van der Waals surface area contributed by atoms with Crippen molar-refractivity contribution in [1.82, 2.24) is 20.4 Å². The number of benzene rings is 2. The number of carbonyl (C=O) groups is 2. The first-order valence-electron chi connectivity index (χ1n) is 10.2. The van der Waals surface area contributed by atoms with Gasteiger partial charge in [0.2, 0.25) is 5.91 Å². The Bertz CT molecular complexity index is 1040. The van der Waals surface area contributed by atoms with Crippen LogP contribution >= 0.6 is 0 Å². The van der Waals surface area contributed by atoms with Crippen LogP contribution in [0.5, 0.6) is 0 Å². The van der Waals surface area contributed by atoms with Gasteiger partial charge in [-0.25, -0.2) is 4.68 Å². The van der Waals surface area contributed by atoms with Gasteiger partial charge in [-0.2, -0.15) is 5.10 Å². The average molecular weight is 405 g/mol. The SMILES string of the molecule is Cc1ccc(-c2nn(-c3ccccc3)cc2C(=O)NCCNC(=O)C(C)C)c(C)c1. The summed E-state index contributed by atoms with van der Waals surface area (Å²) in [6.07, 6.45) is 1.76. The van der Waals surface area contributed by atoms with Gasteiger partial charge in [0.15, 0.2) is 0 Å². The van der Waals surface area contributed by atoms with Gasteiger partial charge in [0.05, 0.1) is 11.3 Å². The molecule has 3 rings (SSSR count). The van der Waals surface area contributed by atoms with Crippen LogP contribution in [0.1, 0.15) is 35.3 Å². The largest absolute Gasteiger partial charge is 0.354 e. The second kappa shape index (κ2) is 9.39. The number of hydrogen-bond donors (Lipinski definition) is 2. The first kappa shape index (κ1) is 21.3. The summed E-state index contributed by atoms with van der Waals surface area (Å²) in [6, 6.07) is 15.8. The molecule has 156 valence electrons. The fourth-order valence-electron chi connectivity index (χ4n) is 3.19. The lowest BCUT2D eigenvalue weighted by molar-refractivity contribution is -0.123. The highest BCUT2D eigenvalue weighted by Crippen LogP contribution is 2.27. The maximum absolute atomic E-state index is 13.0. The van der Waals surface area contributed by atoms with Gasteiger partial charge in [-0.1, -0.05) is 55.8 Å². The lowest BCUT2D eigenvalue weighted by Gasteiger charge is -2.09. The summed E-state index contributed by atoms with van der Waals surface area (Å²) in [7, 11) is 0. The number of amides is 2. The van der Waals surface area contributed by atoms with Crippen molar-refractivity contribution in [3.05, 3.63) is 71.4 Å². The molecule has 0 aliphatic carbocycles. The Kier molecular flexibility index (Phi) is 6.67. The third-order valence-electron chi connectivity index (χ3n) is 4.85. The van der Waals surface area contributed by atoms with E-state index in [9.17, 15) is 9.59 Å². The second-order valence-corrected chi connectivity index (χ2v) is 7.69. The lowest BCUT2D eigenvalue weighted by atomic mass is 10.0. The van der Waals surface area contributed by atoms with Crippen LogP contribution in [0.2, 0.25) is 0 Å². The maximum Gasteiger partial charge on any atom is 0.255 e. The minimum Gasteiger partial charge on any atom is -0.354 e. The third kappa shape index (κ3) is 4.95. The lowest BCUT2D eigenvalue weighted by Crippen LogP contribution is -2.36. The topological polar surface area (TPSA) is 76.0 Å². The van der Waals surface area contributed by atoms with E-state index in [0.717, 1.165) is 22.4 Å². The minimum absolute atomic E-state index is 0.0304. The molecular weight excluding hydrogens is 376 g/mol. The van der Waals surface area contributed by atoms with Gasteiger partial charge in [-0.15, -0.1) is 0 Å². The standard InChI is InChI=1S/C24H28N4O2/c1-16(2)23(29)25-12-13-26-24(30)21-15-28(19-8-6-5-7-9-19)27-22(21)20-11-10-17(3)14-18(20)4/h5-11,14-16H,12-13H2,1-4H3,(H,25,29)(H,26,30). The Morgan fingerprint density at radius 2 is 1.70 bits per heavy atom. The Hall–Kier alpha value is -3.41. The van der Waals surface area contributed by atoms with Crippen LogP contribution in [0.15, 0.2) is 54.7 Å². The highest BCUT2D eigenvalue weighted by atomic mass is 16.2. The zero-order valence-electron chi connectivity index (χ0n) is 17.9. The molecule has 1 aromatic heterocycles. The zero-order chi connectivity index (χ0) is 21.7. The number of aromatic nitrogens is 2. The molecule has 0 radical (unpaired) electrons. The molecule has 1 heterocycles. The number of para-hydroxylation sites is 1. The van der Waals surface area contributed by atoms with Gasteiger partial charge in [0.25, 0.3) is 5.91 Å². The van der Waals surface area contributed by atoms with Crippen molar-refractivity contribution >= 4 is 11.8 Å². The zero-order valence-corrected chi connectivity index (χ0v) is 17.9. The molecule has 2 N–H and O–H groups in total. The van der Waals surface area contributed by atoms with Gasteiger partial charge >= 0.3 is 0 Å². The van der Waals surface area contributed by atoms with Crippen LogP contribution in [-0.4, -0.2) is 34.7 Å². The molecule has 0 aliphatic heterocycles. The van der Waals surface area contributed by atoms with E-state index in [2.05, 4.69) is 16.7 Å². The van der Waals surface area contributed by atoms with E-state index in [1.54, 1.807) is 10.9 Å². The van der Waals surface area contributed by atoms with E-state index in [1.807, 2.05) is 70.2 Å². The van der Waals surface area contributed by atoms with Crippen molar-refractivity contribution in [1.29, 1.82) is 0 Å². The van der Waals surface area contributed by atoms with Crippen molar-refractivity contribution in [3.8, 4) is 16.9 Å². The van der Waals surface area contributed by atoms with Crippen LogP contribution in [-0.2, 0) is 4.79 Å². The van der Waals surface area contributed by atoms with E-state index in [1.165, 1.54) is 0 Å². The molecule has 0 aliphatic rings. The molecule has 6 heteroatoms. The van der Waals surface area contributed by atoms with Crippen molar-refractivity contribution in [2.75, 3.05) is 13.1 Å². The Balaban J connectivity index is 1.87. The number of hydrogen-bond acceptors (Lipinski definition) is 3. The fourth-order valence-corrected chi connectivity index (χ4v) is 3.19. The van der Waals surface area contributed by atoms with Crippen molar-refractivity contribution in [2.24, 2.45) is 5.92 Å². The fraction of sp³-hybridized carbons (Fsp3) is 0.292. The molecule has 0 spiro atoms. The van der Waals surface area contributed by atoms with Crippen LogP contribution in [0.4, 0.5) is 0 Å². The van der Waals surface area contributed by atoms with E-state index in [4.69, 9.17) is 5.10 Å². The van der Waals surface area contributed by atoms with E-state index >= 15 is 0 Å². The first-order valence-corrected chi connectivity index (χ1v) is 10.2. The summed E-state index contributed by atoms with van der Waals surface area (Å²) in [6.45, 7) is 8.46. The van der Waals surface area contributed by atoms with Crippen LogP contribution < -0.4 is 10.6 Å². The van der Waals surface area contributed by atoms with E-state index < -0.39 is 0 Å². The summed E-state index contributed by atoms with van der Waals surface area (Å²) >= 11 is 0. The molecule has 0 fully saturated rings. The van der Waals surface area contributed by atoms with Gasteiger partial charge in [0, 0.05) is 30.8 Å². The molecule has 0 atom stereocenters. The highest BCUT2D eigenvalue weighted by Gasteiger charge is 2.20. The summed E-state index contributed by atoms with van der Waals surface area (Å²) in [5.41, 5.74) is 5.17. The average Bonchev–Trinajstić information content (AvgIpc) is 3.16. The van der Waals surface area contributed by atoms with Gasteiger partial charge in [0.1, 0.15) is 5.69 Å². The van der Waals surface area contributed by atoms with Crippen molar-refractivity contribution in [3.63, 3.8) is 0 Å². The Labute approximate surface area is 177 Å². The van der Waals surface area contributed by atoms with Gasteiger partial charge in [-0.05, 0) is 31.5 Å². The summed E-state index contributed by atoms with van der Waals surface area (Å²) in [5.74, 6) is -0.330. The molecule has 0 unspecified atom stereocenters. The first-order chi connectivity index (χ1) is 14.4. The van der Waals surface area contributed by atoms with Crippen molar-refractivity contribution < 1.29 is 9.59 Å². The van der Waals surface area contributed by atoms with E-state index in [0.29, 0.717) is 24.3 Å². The Morgan fingerprint density at radius 1 is 1.00 bits per heavy atom. The number of nitrogens with zero attached hydrogens (tertiary/aromatic N) is 2. The van der Waals surface area contributed by atoms with Crippen LogP contribution in [0.3, 0.4) is 0 Å². The normalized spacial score (nSPS) is 10.8. The molecular formula is C24H28N4O2. The van der Waals surface area contributed by atoms with Crippen LogP contribution in [0, 0.1) is 19.8 Å².